The highest BCUT2D eigenvalue weighted by Gasteiger charge is 2.30. The lowest BCUT2D eigenvalue weighted by atomic mass is 9.96. The molecule has 0 atom stereocenters. The van der Waals surface area contributed by atoms with E-state index in [1.165, 1.54) is 12.1 Å². The van der Waals surface area contributed by atoms with Crippen LogP contribution < -0.4 is 16.4 Å². The lowest BCUT2D eigenvalue weighted by Gasteiger charge is -2.15. The Morgan fingerprint density at radius 3 is 2.29 bits per heavy atom. The van der Waals surface area contributed by atoms with Gasteiger partial charge in [-0.25, -0.2) is 4.98 Å². The van der Waals surface area contributed by atoms with Gasteiger partial charge in [-0.2, -0.15) is 17.5 Å². The van der Waals surface area contributed by atoms with Crippen molar-refractivity contribution in [3.8, 4) is 11.1 Å². The molecule has 8 nitrogen and oxygen atoms in total. The number of rotatable bonds is 7. The highest BCUT2D eigenvalue weighted by molar-refractivity contribution is 7.07. The smallest absolute Gasteiger partial charge is 0.363 e. The van der Waals surface area contributed by atoms with Gasteiger partial charge in [0, 0.05) is 5.56 Å². The number of nitrogens with two attached hydrogens (primary N) is 1. The first-order valence-electron chi connectivity index (χ1n) is 13.5. The van der Waals surface area contributed by atoms with Crippen molar-refractivity contribution in [1.82, 2.24) is 14.7 Å². The number of halogens is 3. The molecular formula is C33H22F3N5O3S. The molecule has 0 unspecified atom stereocenters. The summed E-state index contributed by atoms with van der Waals surface area (Å²) >= 11 is 0.834. The number of primary amides is 1. The number of nitrogens with one attached hydrogen (secondary N) is 2. The number of carbonyl (C=O) groups excluding carboxylic acids is 3. The van der Waals surface area contributed by atoms with Crippen LogP contribution in [-0.4, -0.2) is 27.1 Å². The van der Waals surface area contributed by atoms with Gasteiger partial charge in [0.05, 0.1) is 23.4 Å². The van der Waals surface area contributed by atoms with Crippen LogP contribution in [0.1, 0.15) is 41.9 Å². The molecule has 0 bridgehead atoms. The summed E-state index contributed by atoms with van der Waals surface area (Å²) in [6, 6.07) is 26.0. The van der Waals surface area contributed by atoms with Gasteiger partial charge in [-0.05, 0) is 74.5 Å². The van der Waals surface area contributed by atoms with Crippen LogP contribution in [0.3, 0.4) is 0 Å². The monoisotopic (exact) mass is 625 g/mol. The van der Waals surface area contributed by atoms with E-state index in [0.717, 1.165) is 40.0 Å². The van der Waals surface area contributed by atoms with Gasteiger partial charge in [0.1, 0.15) is 0 Å². The largest absolute Gasteiger partial charge is 0.416 e. The quantitative estimate of drug-likeness (QED) is 0.180. The van der Waals surface area contributed by atoms with E-state index < -0.39 is 29.5 Å². The topological polar surface area (TPSA) is 127 Å². The standard InChI is InChI=1S/C33H22F3N5O3S/c34-33(35,36)22-12-8-19(9-13-22)23-7-3-5-20-16-21(10-14-24(20)23)30(43)39-26-15-11-18-4-1-2-6-25(18)28(26)31(44)38-17-27-40-32(29(37)42)45-41-27/h1-16H,17H2,(H2,37,42)(H,38,44)(H,39,43). The van der Waals surface area contributed by atoms with Gasteiger partial charge in [0.15, 0.2) is 5.82 Å². The average molecular weight is 626 g/mol. The summed E-state index contributed by atoms with van der Waals surface area (Å²) in [5.74, 6) is -1.45. The summed E-state index contributed by atoms with van der Waals surface area (Å²) in [5.41, 5.74) is 6.66. The zero-order valence-corrected chi connectivity index (χ0v) is 24.0. The predicted octanol–water partition coefficient (Wildman–Crippen LogP) is 6.81. The minimum Gasteiger partial charge on any atom is -0.363 e. The van der Waals surface area contributed by atoms with Gasteiger partial charge in [-0.1, -0.05) is 66.7 Å². The first-order valence-corrected chi connectivity index (χ1v) is 14.3. The Labute approximate surface area is 257 Å². The SMILES string of the molecule is NC(=O)c1nc(CNC(=O)c2c(NC(=O)c3ccc4c(-c5ccc(C(F)(F)F)cc5)cccc4c3)ccc3ccccc23)ns1. The van der Waals surface area contributed by atoms with Crippen LogP contribution in [0.15, 0.2) is 97.1 Å². The Hall–Kier alpha value is -5.62. The summed E-state index contributed by atoms with van der Waals surface area (Å²) < 4.78 is 43.2. The van der Waals surface area contributed by atoms with E-state index >= 15 is 0 Å². The number of fused-ring (bicyclic) bond motifs is 2. The molecule has 0 spiro atoms. The number of nitrogens with zero attached hydrogens (tertiary/aromatic N) is 2. The lowest BCUT2D eigenvalue weighted by Crippen LogP contribution is -2.26. The van der Waals surface area contributed by atoms with Crippen LogP contribution in [0.25, 0.3) is 32.7 Å². The Bertz CT molecular complexity index is 2110. The zero-order valence-electron chi connectivity index (χ0n) is 23.2. The molecule has 3 amide bonds. The molecule has 5 aromatic carbocycles. The highest BCUT2D eigenvalue weighted by Crippen LogP contribution is 2.34. The molecule has 0 aliphatic heterocycles. The van der Waals surface area contributed by atoms with Gasteiger partial charge < -0.3 is 16.4 Å². The molecule has 224 valence electrons. The zero-order chi connectivity index (χ0) is 31.7. The number of hydrogen-bond acceptors (Lipinski definition) is 6. The number of benzene rings is 5. The molecule has 1 heterocycles. The molecule has 1 aromatic heterocycles. The van der Waals surface area contributed by atoms with E-state index in [1.807, 2.05) is 18.2 Å². The molecule has 0 saturated heterocycles. The summed E-state index contributed by atoms with van der Waals surface area (Å²) in [6.07, 6.45) is -4.43. The van der Waals surface area contributed by atoms with Crippen molar-refractivity contribution < 1.29 is 27.6 Å². The minimum atomic E-state index is -4.43. The molecule has 6 aromatic rings. The van der Waals surface area contributed by atoms with E-state index in [-0.39, 0.29) is 28.6 Å². The Kier molecular flexibility index (Phi) is 7.73. The number of alkyl halides is 3. The van der Waals surface area contributed by atoms with Crippen LogP contribution >= 0.6 is 11.5 Å². The molecule has 12 heteroatoms. The first-order chi connectivity index (χ1) is 21.6. The van der Waals surface area contributed by atoms with Crippen molar-refractivity contribution in [1.29, 1.82) is 0 Å². The fraction of sp³-hybridized carbons (Fsp3) is 0.0606. The van der Waals surface area contributed by atoms with Gasteiger partial charge in [-0.3, -0.25) is 14.4 Å². The number of hydrogen-bond donors (Lipinski definition) is 3. The van der Waals surface area contributed by atoms with Crippen LogP contribution in [0.2, 0.25) is 0 Å². The van der Waals surface area contributed by atoms with Crippen LogP contribution in [0.5, 0.6) is 0 Å². The van der Waals surface area contributed by atoms with Crippen molar-refractivity contribution in [3.63, 3.8) is 0 Å². The van der Waals surface area contributed by atoms with Crippen molar-refractivity contribution in [2.75, 3.05) is 5.32 Å². The second kappa shape index (κ2) is 11.8. The predicted molar refractivity (Wildman–Crippen MR) is 166 cm³/mol. The van der Waals surface area contributed by atoms with Gasteiger partial charge in [0.25, 0.3) is 17.7 Å². The number of anilines is 1. The molecule has 0 aliphatic rings. The second-order valence-electron chi connectivity index (χ2n) is 10.0. The fourth-order valence-corrected chi connectivity index (χ4v) is 5.54. The average Bonchev–Trinajstić information content (AvgIpc) is 3.52. The molecule has 0 saturated carbocycles. The third kappa shape index (κ3) is 6.08. The number of aromatic nitrogens is 2. The molecule has 0 radical (unpaired) electrons. The van der Waals surface area contributed by atoms with E-state index in [4.69, 9.17) is 5.73 Å². The van der Waals surface area contributed by atoms with Gasteiger partial charge in [-0.15, -0.1) is 0 Å². The summed E-state index contributed by atoms with van der Waals surface area (Å²) in [6.45, 7) is -0.0643. The molecule has 0 fully saturated rings. The molecule has 45 heavy (non-hydrogen) atoms. The van der Waals surface area contributed by atoms with Crippen molar-refractivity contribution in [2.24, 2.45) is 5.73 Å². The Morgan fingerprint density at radius 2 is 1.56 bits per heavy atom. The molecular weight excluding hydrogens is 603 g/mol. The van der Waals surface area contributed by atoms with Crippen LogP contribution in [-0.2, 0) is 12.7 Å². The van der Waals surface area contributed by atoms with E-state index in [2.05, 4.69) is 20.0 Å². The highest BCUT2D eigenvalue weighted by atomic mass is 32.1. The maximum atomic E-state index is 13.5. The van der Waals surface area contributed by atoms with Crippen molar-refractivity contribution in [2.45, 2.75) is 12.7 Å². The third-order valence-corrected chi connectivity index (χ3v) is 7.92. The Morgan fingerprint density at radius 1 is 0.800 bits per heavy atom. The Balaban J connectivity index is 1.28. The first kappa shape index (κ1) is 29.5. The van der Waals surface area contributed by atoms with Crippen LogP contribution in [0, 0.1) is 0 Å². The van der Waals surface area contributed by atoms with E-state index in [1.54, 1.807) is 54.6 Å². The number of carbonyl (C=O) groups is 3. The second-order valence-corrected chi connectivity index (χ2v) is 10.8. The summed E-state index contributed by atoms with van der Waals surface area (Å²) in [5, 5.41) is 8.49. The van der Waals surface area contributed by atoms with Gasteiger partial charge >= 0.3 is 6.18 Å². The lowest BCUT2D eigenvalue weighted by molar-refractivity contribution is -0.137. The molecule has 0 aliphatic carbocycles. The van der Waals surface area contributed by atoms with Crippen LogP contribution in [0.4, 0.5) is 18.9 Å². The minimum absolute atomic E-state index is 0.0271. The van der Waals surface area contributed by atoms with Crippen molar-refractivity contribution in [3.05, 3.63) is 125 Å². The molecule has 4 N–H and O–H groups in total. The van der Waals surface area contributed by atoms with E-state index in [0.29, 0.717) is 21.9 Å². The summed E-state index contributed by atoms with van der Waals surface area (Å²) in [4.78, 5) is 42.3. The fourth-order valence-electron chi connectivity index (χ4n) is 5.00. The number of amides is 3. The normalized spacial score (nSPS) is 11.4. The van der Waals surface area contributed by atoms with Crippen molar-refractivity contribution >= 4 is 56.5 Å². The third-order valence-electron chi connectivity index (χ3n) is 7.16. The maximum absolute atomic E-state index is 13.5. The van der Waals surface area contributed by atoms with Gasteiger partial charge in [0.2, 0.25) is 5.01 Å². The summed E-state index contributed by atoms with van der Waals surface area (Å²) in [7, 11) is 0. The molecule has 6 rings (SSSR count). The maximum Gasteiger partial charge on any atom is 0.416 e. The van der Waals surface area contributed by atoms with E-state index in [9.17, 15) is 27.6 Å².